The molecule has 0 amide bonds. The van der Waals surface area contributed by atoms with Gasteiger partial charge in [-0.2, -0.15) is 0 Å². The number of ether oxygens (including phenoxy) is 2. The van der Waals surface area contributed by atoms with E-state index in [4.69, 9.17) is 9.47 Å². The number of unbranched alkanes of at least 4 members (excludes halogenated alkanes) is 7. The van der Waals surface area contributed by atoms with E-state index < -0.39 is 0 Å². The minimum atomic E-state index is -0.204. The van der Waals surface area contributed by atoms with Gasteiger partial charge < -0.3 is 9.47 Å². The Bertz CT molecular complexity index is 806. The van der Waals surface area contributed by atoms with Crippen molar-refractivity contribution in [3.8, 4) is 22.8 Å². The van der Waals surface area contributed by atoms with Gasteiger partial charge in [-0.3, -0.25) is 0 Å². The largest absolute Gasteiger partial charge is 0.491 e. The molecule has 0 N–H and O–H groups in total. The minimum Gasteiger partial charge on any atom is -0.491 e. The number of benzene rings is 1. The van der Waals surface area contributed by atoms with E-state index in [2.05, 4.69) is 18.8 Å². The molecule has 2 aromatic rings. The molecule has 0 spiro atoms. The van der Waals surface area contributed by atoms with Crippen molar-refractivity contribution in [3.05, 3.63) is 41.3 Å². The maximum atomic E-state index is 15.1. The molecule has 0 radical (unpaired) electrons. The monoisotopic (exact) mass is 413 g/mol. The van der Waals surface area contributed by atoms with Gasteiger partial charge in [-0.15, -0.1) is 0 Å². The van der Waals surface area contributed by atoms with Crippen molar-refractivity contribution in [2.45, 2.75) is 84.5 Å². The molecule has 164 valence electrons. The van der Waals surface area contributed by atoms with Gasteiger partial charge in [-0.05, 0) is 48.9 Å². The van der Waals surface area contributed by atoms with Crippen LogP contribution in [0.1, 0.15) is 82.9 Å². The first-order chi connectivity index (χ1) is 14.7. The third kappa shape index (κ3) is 5.96. The molecule has 0 saturated heterocycles. The second kappa shape index (κ2) is 11.9. The Kier molecular flexibility index (Phi) is 8.98. The summed E-state index contributed by atoms with van der Waals surface area (Å²) in [5.41, 5.74) is 3.69. The molecule has 0 unspecified atom stereocenters. The number of fused-ring (bicyclic) bond motifs is 3. The number of hydrogen-bond acceptors (Lipinski definition) is 3. The summed E-state index contributed by atoms with van der Waals surface area (Å²) in [5.74, 6) is 0.848. The summed E-state index contributed by atoms with van der Waals surface area (Å²) in [5, 5.41) is 0. The first-order valence-corrected chi connectivity index (χ1v) is 11.8. The summed E-state index contributed by atoms with van der Waals surface area (Å²) in [6.45, 7) is 5.64. The lowest BCUT2D eigenvalue weighted by Crippen LogP contribution is -2.11. The summed E-state index contributed by atoms with van der Waals surface area (Å²) in [6.07, 6.45) is 12.1. The standard InChI is InChI=1S/C26H36FNO2/c1-3-5-7-8-9-10-11-19-29-24-16-13-20-21-14-17-25(30-18-6-4-2)28-23(21)15-12-22(20)26(24)27/h13-14,16-17H,3-12,15,18-19H2,1-2H3. The van der Waals surface area contributed by atoms with E-state index in [1.165, 1.54) is 32.1 Å². The van der Waals surface area contributed by atoms with Crippen LogP contribution in [-0.4, -0.2) is 18.2 Å². The lowest BCUT2D eigenvalue weighted by atomic mass is 9.88. The van der Waals surface area contributed by atoms with Crippen molar-refractivity contribution in [2.75, 3.05) is 13.2 Å². The molecule has 0 fully saturated rings. The van der Waals surface area contributed by atoms with Crippen molar-refractivity contribution in [1.29, 1.82) is 0 Å². The predicted octanol–water partition coefficient (Wildman–Crippen LogP) is 7.29. The number of hydrogen-bond donors (Lipinski definition) is 0. The van der Waals surface area contributed by atoms with Crippen LogP contribution in [0.25, 0.3) is 11.1 Å². The molecule has 30 heavy (non-hydrogen) atoms. The van der Waals surface area contributed by atoms with Crippen LogP contribution in [0.4, 0.5) is 4.39 Å². The summed E-state index contributed by atoms with van der Waals surface area (Å²) in [6, 6.07) is 7.67. The number of halogens is 1. The average Bonchev–Trinajstić information content (AvgIpc) is 2.76. The average molecular weight is 414 g/mol. The van der Waals surface area contributed by atoms with Gasteiger partial charge in [0.2, 0.25) is 5.88 Å². The smallest absolute Gasteiger partial charge is 0.213 e. The molecule has 0 saturated carbocycles. The van der Waals surface area contributed by atoms with E-state index in [0.29, 0.717) is 31.3 Å². The van der Waals surface area contributed by atoms with Gasteiger partial charge in [0.05, 0.1) is 18.9 Å². The third-order valence-corrected chi connectivity index (χ3v) is 5.81. The summed E-state index contributed by atoms with van der Waals surface area (Å²) >= 11 is 0. The lowest BCUT2D eigenvalue weighted by molar-refractivity contribution is 0.289. The van der Waals surface area contributed by atoms with Gasteiger partial charge in [0.25, 0.3) is 0 Å². The first-order valence-electron chi connectivity index (χ1n) is 11.8. The molecular formula is C26H36FNO2. The molecule has 1 aliphatic carbocycles. The molecule has 1 heterocycles. The zero-order valence-electron chi connectivity index (χ0n) is 18.6. The molecule has 0 bridgehead atoms. The summed E-state index contributed by atoms with van der Waals surface area (Å²) in [7, 11) is 0. The summed E-state index contributed by atoms with van der Waals surface area (Å²) in [4.78, 5) is 4.66. The Morgan fingerprint density at radius 1 is 0.767 bits per heavy atom. The fraction of sp³-hybridized carbons (Fsp3) is 0.577. The van der Waals surface area contributed by atoms with Crippen LogP contribution in [-0.2, 0) is 12.8 Å². The second-order valence-electron chi connectivity index (χ2n) is 8.22. The Labute approximate surface area is 181 Å². The molecule has 1 aromatic heterocycles. The Morgan fingerprint density at radius 3 is 2.27 bits per heavy atom. The zero-order valence-corrected chi connectivity index (χ0v) is 18.6. The highest BCUT2D eigenvalue weighted by Crippen LogP contribution is 2.38. The number of aromatic nitrogens is 1. The molecule has 4 heteroatoms. The number of nitrogens with zero attached hydrogens (tertiary/aromatic N) is 1. The van der Waals surface area contributed by atoms with Gasteiger partial charge in [-0.1, -0.05) is 64.9 Å². The maximum Gasteiger partial charge on any atom is 0.213 e. The van der Waals surface area contributed by atoms with E-state index in [1.54, 1.807) is 6.07 Å². The molecule has 0 aliphatic heterocycles. The van der Waals surface area contributed by atoms with E-state index in [0.717, 1.165) is 54.5 Å². The highest BCUT2D eigenvalue weighted by atomic mass is 19.1. The molecule has 3 nitrogen and oxygen atoms in total. The van der Waals surface area contributed by atoms with E-state index >= 15 is 4.39 Å². The van der Waals surface area contributed by atoms with E-state index in [1.807, 2.05) is 18.2 Å². The molecule has 1 aliphatic rings. The predicted molar refractivity (Wildman–Crippen MR) is 121 cm³/mol. The highest BCUT2D eigenvalue weighted by Gasteiger charge is 2.23. The van der Waals surface area contributed by atoms with E-state index in [9.17, 15) is 0 Å². The van der Waals surface area contributed by atoms with Crippen LogP contribution in [0.15, 0.2) is 24.3 Å². The van der Waals surface area contributed by atoms with E-state index in [-0.39, 0.29) is 5.82 Å². The molecule has 0 atom stereocenters. The van der Waals surface area contributed by atoms with Crippen LogP contribution < -0.4 is 9.47 Å². The quantitative estimate of drug-likeness (QED) is 0.323. The van der Waals surface area contributed by atoms with Gasteiger partial charge in [0.15, 0.2) is 11.6 Å². The van der Waals surface area contributed by atoms with Crippen molar-refractivity contribution in [1.82, 2.24) is 4.98 Å². The molecular weight excluding hydrogens is 377 g/mol. The van der Waals surface area contributed by atoms with Crippen LogP contribution in [0, 0.1) is 5.82 Å². The van der Waals surface area contributed by atoms with Crippen molar-refractivity contribution < 1.29 is 13.9 Å². The number of aryl methyl sites for hydroxylation is 1. The minimum absolute atomic E-state index is 0.204. The SMILES string of the molecule is CCCCCCCCCOc1ccc2c(c1F)CCc1nc(OCCCC)ccc1-2. The molecule has 3 rings (SSSR count). The zero-order chi connectivity index (χ0) is 21.2. The second-order valence-corrected chi connectivity index (χ2v) is 8.22. The van der Waals surface area contributed by atoms with Crippen LogP contribution in [0.2, 0.25) is 0 Å². The Hall–Kier alpha value is -2.10. The van der Waals surface area contributed by atoms with Crippen molar-refractivity contribution >= 4 is 0 Å². The van der Waals surface area contributed by atoms with Crippen molar-refractivity contribution in [2.24, 2.45) is 0 Å². The Morgan fingerprint density at radius 2 is 1.47 bits per heavy atom. The van der Waals surface area contributed by atoms with Crippen LogP contribution in [0.3, 0.4) is 0 Å². The van der Waals surface area contributed by atoms with Crippen molar-refractivity contribution in [3.63, 3.8) is 0 Å². The Balaban J connectivity index is 1.57. The van der Waals surface area contributed by atoms with Crippen LogP contribution >= 0.6 is 0 Å². The fourth-order valence-corrected chi connectivity index (χ4v) is 4.01. The van der Waals surface area contributed by atoms with Gasteiger partial charge in [-0.25, -0.2) is 9.37 Å². The molecule has 1 aromatic carbocycles. The summed E-state index contributed by atoms with van der Waals surface area (Å²) < 4.78 is 26.6. The normalized spacial score (nSPS) is 12.4. The topological polar surface area (TPSA) is 31.4 Å². The number of rotatable bonds is 13. The first kappa shape index (κ1) is 22.6. The maximum absolute atomic E-state index is 15.1. The lowest BCUT2D eigenvalue weighted by Gasteiger charge is -2.21. The van der Waals surface area contributed by atoms with Gasteiger partial charge in [0.1, 0.15) is 0 Å². The fourth-order valence-electron chi connectivity index (χ4n) is 4.01. The van der Waals surface area contributed by atoms with Crippen LogP contribution in [0.5, 0.6) is 11.6 Å². The highest BCUT2D eigenvalue weighted by molar-refractivity contribution is 5.73. The van der Waals surface area contributed by atoms with Gasteiger partial charge in [0, 0.05) is 11.6 Å². The third-order valence-electron chi connectivity index (χ3n) is 5.81. The van der Waals surface area contributed by atoms with Gasteiger partial charge >= 0.3 is 0 Å². The number of pyridine rings is 1.